The molecule has 2 aromatic heterocycles. The van der Waals surface area contributed by atoms with E-state index in [1.807, 2.05) is 43.3 Å². The molecule has 8 nitrogen and oxygen atoms in total. The van der Waals surface area contributed by atoms with Gasteiger partial charge in [-0.1, -0.05) is 39.0 Å². The molecule has 0 aliphatic carbocycles. The molecule has 1 aliphatic heterocycles. The molecule has 4 rings (SSSR count). The highest BCUT2D eigenvalue weighted by molar-refractivity contribution is 6.02. The number of morpholine rings is 1. The Hall–Kier alpha value is -3.96. The van der Waals surface area contributed by atoms with Crippen LogP contribution in [-0.2, 0) is 14.9 Å². The fourth-order valence-electron chi connectivity index (χ4n) is 3.85. The number of aryl methyl sites for hydroxylation is 1. The van der Waals surface area contributed by atoms with Gasteiger partial charge < -0.3 is 14.4 Å². The standard InChI is InChI=1S/C27H28N4O4/c1-18-6-5-11-31-23(18)29-24(35-21-9-7-20(8-10-21)27(2,3)4)22(26(31)33)16-19(17-28)25(32)30-12-14-34-15-13-30/h5-11,16H,12-15H2,1-4H3. The van der Waals surface area contributed by atoms with Crippen molar-refractivity contribution in [1.82, 2.24) is 14.3 Å². The van der Waals surface area contributed by atoms with Crippen LogP contribution in [0.4, 0.5) is 0 Å². The lowest BCUT2D eigenvalue weighted by Crippen LogP contribution is -2.41. The monoisotopic (exact) mass is 472 g/mol. The van der Waals surface area contributed by atoms with Gasteiger partial charge in [0.25, 0.3) is 11.5 Å². The van der Waals surface area contributed by atoms with Crippen LogP contribution in [0.15, 0.2) is 53.0 Å². The SMILES string of the molecule is Cc1cccn2c(=O)c(C=C(C#N)C(=O)N3CCOCC3)c(Oc3ccc(C(C)(C)C)cc3)nc12. The van der Waals surface area contributed by atoms with E-state index >= 15 is 0 Å². The van der Waals surface area contributed by atoms with E-state index in [4.69, 9.17) is 9.47 Å². The molecule has 0 N–H and O–H groups in total. The van der Waals surface area contributed by atoms with E-state index in [0.29, 0.717) is 37.7 Å². The molecule has 0 spiro atoms. The van der Waals surface area contributed by atoms with Crippen LogP contribution in [0, 0.1) is 18.3 Å². The Balaban J connectivity index is 1.82. The van der Waals surface area contributed by atoms with Crippen LogP contribution < -0.4 is 10.3 Å². The van der Waals surface area contributed by atoms with E-state index in [9.17, 15) is 14.9 Å². The second-order valence-electron chi connectivity index (χ2n) is 9.47. The molecular weight excluding hydrogens is 444 g/mol. The third kappa shape index (κ3) is 5.10. The van der Waals surface area contributed by atoms with Gasteiger partial charge >= 0.3 is 0 Å². The van der Waals surface area contributed by atoms with Gasteiger partial charge in [0, 0.05) is 19.3 Å². The number of nitriles is 1. The van der Waals surface area contributed by atoms with Gasteiger partial charge in [-0.05, 0) is 47.7 Å². The van der Waals surface area contributed by atoms with E-state index in [2.05, 4.69) is 25.8 Å². The number of ether oxygens (including phenoxy) is 2. The van der Waals surface area contributed by atoms with Crippen molar-refractivity contribution in [3.05, 3.63) is 75.2 Å². The average molecular weight is 473 g/mol. The zero-order chi connectivity index (χ0) is 25.2. The zero-order valence-electron chi connectivity index (χ0n) is 20.4. The van der Waals surface area contributed by atoms with Crippen molar-refractivity contribution in [3.8, 4) is 17.7 Å². The molecule has 0 atom stereocenters. The van der Waals surface area contributed by atoms with E-state index in [1.165, 1.54) is 10.5 Å². The highest BCUT2D eigenvalue weighted by atomic mass is 16.5. The lowest BCUT2D eigenvalue weighted by Gasteiger charge is -2.26. The number of rotatable bonds is 4. The Morgan fingerprint density at radius 1 is 1.17 bits per heavy atom. The van der Waals surface area contributed by atoms with Gasteiger partial charge in [-0.3, -0.25) is 14.0 Å². The third-order valence-electron chi connectivity index (χ3n) is 5.92. The number of carbonyl (C=O) groups is 1. The Morgan fingerprint density at radius 3 is 2.49 bits per heavy atom. The molecule has 1 fully saturated rings. The number of carbonyl (C=O) groups excluding carboxylic acids is 1. The Labute approximate surface area is 204 Å². The molecule has 3 aromatic rings. The smallest absolute Gasteiger partial charge is 0.269 e. The molecule has 1 aromatic carbocycles. The summed E-state index contributed by atoms with van der Waals surface area (Å²) < 4.78 is 12.8. The summed E-state index contributed by atoms with van der Waals surface area (Å²) in [7, 11) is 0. The van der Waals surface area contributed by atoms with Gasteiger partial charge in [0.1, 0.15) is 28.6 Å². The van der Waals surface area contributed by atoms with Crippen LogP contribution >= 0.6 is 0 Å². The first kappa shape index (κ1) is 24.2. The summed E-state index contributed by atoms with van der Waals surface area (Å²) in [6, 6.07) is 13.1. The fourth-order valence-corrected chi connectivity index (χ4v) is 3.85. The molecule has 35 heavy (non-hydrogen) atoms. The molecular formula is C27H28N4O4. The molecule has 0 radical (unpaired) electrons. The Bertz CT molecular complexity index is 1390. The number of amides is 1. The van der Waals surface area contributed by atoms with Gasteiger partial charge in [-0.25, -0.2) is 0 Å². The first-order valence-corrected chi connectivity index (χ1v) is 11.5. The molecule has 180 valence electrons. The Kier molecular flexibility index (Phi) is 6.72. The summed E-state index contributed by atoms with van der Waals surface area (Å²) in [5, 5.41) is 9.76. The van der Waals surface area contributed by atoms with Crippen LogP contribution in [0.3, 0.4) is 0 Å². The molecule has 0 saturated carbocycles. The van der Waals surface area contributed by atoms with Crippen molar-refractivity contribution in [2.24, 2.45) is 0 Å². The minimum absolute atomic E-state index is 0.0227. The van der Waals surface area contributed by atoms with Gasteiger partial charge in [0.15, 0.2) is 0 Å². The van der Waals surface area contributed by atoms with Crippen LogP contribution in [0.1, 0.15) is 37.5 Å². The number of aromatic nitrogens is 2. The minimum Gasteiger partial charge on any atom is -0.438 e. The minimum atomic E-state index is -0.454. The van der Waals surface area contributed by atoms with Crippen molar-refractivity contribution in [3.63, 3.8) is 0 Å². The molecule has 8 heteroatoms. The maximum absolute atomic E-state index is 13.5. The topological polar surface area (TPSA) is 96.9 Å². The van der Waals surface area contributed by atoms with Crippen molar-refractivity contribution >= 4 is 17.6 Å². The molecule has 1 amide bonds. The second kappa shape index (κ2) is 9.72. The third-order valence-corrected chi connectivity index (χ3v) is 5.92. The zero-order valence-corrected chi connectivity index (χ0v) is 20.4. The number of hydrogen-bond donors (Lipinski definition) is 0. The quantitative estimate of drug-likeness (QED) is 0.423. The Morgan fingerprint density at radius 2 is 1.86 bits per heavy atom. The number of benzene rings is 1. The van der Waals surface area contributed by atoms with E-state index in [0.717, 1.165) is 11.1 Å². The van der Waals surface area contributed by atoms with Crippen LogP contribution in [0.2, 0.25) is 0 Å². The number of fused-ring (bicyclic) bond motifs is 1. The maximum Gasteiger partial charge on any atom is 0.269 e. The van der Waals surface area contributed by atoms with Gasteiger partial charge in [0.05, 0.1) is 13.2 Å². The van der Waals surface area contributed by atoms with Gasteiger partial charge in [-0.2, -0.15) is 10.2 Å². The van der Waals surface area contributed by atoms with E-state index in [-0.39, 0.29) is 22.4 Å². The molecule has 3 heterocycles. The second-order valence-corrected chi connectivity index (χ2v) is 9.47. The highest BCUT2D eigenvalue weighted by Gasteiger charge is 2.23. The van der Waals surface area contributed by atoms with Crippen molar-refractivity contribution in [1.29, 1.82) is 5.26 Å². The first-order chi connectivity index (χ1) is 16.7. The number of pyridine rings is 1. The lowest BCUT2D eigenvalue weighted by atomic mass is 9.87. The molecule has 0 bridgehead atoms. The number of hydrogen-bond acceptors (Lipinski definition) is 6. The predicted octanol–water partition coefficient (Wildman–Crippen LogP) is 3.86. The maximum atomic E-state index is 13.5. The first-order valence-electron chi connectivity index (χ1n) is 11.5. The van der Waals surface area contributed by atoms with Crippen molar-refractivity contribution in [2.75, 3.05) is 26.3 Å². The summed E-state index contributed by atoms with van der Waals surface area (Å²) in [6.45, 7) is 9.79. The molecule has 1 aliphatic rings. The van der Waals surface area contributed by atoms with Crippen LogP contribution in [0.25, 0.3) is 11.7 Å². The average Bonchev–Trinajstić information content (AvgIpc) is 2.84. The number of nitrogens with zero attached hydrogens (tertiary/aromatic N) is 4. The summed E-state index contributed by atoms with van der Waals surface area (Å²) >= 11 is 0. The highest BCUT2D eigenvalue weighted by Crippen LogP contribution is 2.28. The normalized spacial score (nSPS) is 14.6. The van der Waals surface area contributed by atoms with E-state index < -0.39 is 11.5 Å². The molecule has 1 saturated heterocycles. The van der Waals surface area contributed by atoms with Crippen molar-refractivity contribution in [2.45, 2.75) is 33.1 Å². The molecule has 0 unspecified atom stereocenters. The predicted molar refractivity (Wildman–Crippen MR) is 132 cm³/mol. The van der Waals surface area contributed by atoms with E-state index in [1.54, 1.807) is 17.2 Å². The summed E-state index contributed by atoms with van der Waals surface area (Å²) in [6.07, 6.45) is 2.88. The van der Waals surface area contributed by atoms with Crippen molar-refractivity contribution < 1.29 is 14.3 Å². The lowest BCUT2D eigenvalue weighted by molar-refractivity contribution is -0.130. The summed E-state index contributed by atoms with van der Waals surface area (Å²) in [4.78, 5) is 32.6. The van der Waals surface area contributed by atoms with Gasteiger partial charge in [-0.15, -0.1) is 0 Å². The summed E-state index contributed by atoms with van der Waals surface area (Å²) in [5.41, 5.74) is 1.78. The summed E-state index contributed by atoms with van der Waals surface area (Å²) in [5.74, 6) is 0.0795. The van der Waals surface area contributed by atoms with Crippen LogP contribution in [0.5, 0.6) is 11.6 Å². The van der Waals surface area contributed by atoms with Crippen LogP contribution in [-0.4, -0.2) is 46.5 Å². The van der Waals surface area contributed by atoms with Gasteiger partial charge in [0.2, 0.25) is 5.88 Å². The fraction of sp³-hybridized carbons (Fsp3) is 0.333. The largest absolute Gasteiger partial charge is 0.438 e.